The van der Waals surface area contributed by atoms with E-state index < -0.39 is 0 Å². The van der Waals surface area contributed by atoms with E-state index in [0.29, 0.717) is 0 Å². The SMILES string of the molecule is [C]1=Cc2c(c3ccccc3c3ccccc23)C1. The van der Waals surface area contributed by atoms with E-state index in [1.54, 1.807) is 0 Å². The second kappa shape index (κ2) is 3.21. The highest BCUT2D eigenvalue weighted by molar-refractivity contribution is 6.13. The normalized spacial score (nSPS) is 13.4. The van der Waals surface area contributed by atoms with Crippen molar-refractivity contribution in [3.05, 3.63) is 65.7 Å². The van der Waals surface area contributed by atoms with Crippen molar-refractivity contribution in [2.24, 2.45) is 0 Å². The molecular weight excluding hydrogens is 204 g/mol. The Kier molecular flexibility index (Phi) is 1.70. The van der Waals surface area contributed by atoms with Crippen molar-refractivity contribution < 1.29 is 0 Å². The molecule has 3 aromatic rings. The Morgan fingerprint density at radius 2 is 1.29 bits per heavy atom. The first kappa shape index (κ1) is 9.00. The molecule has 79 valence electrons. The van der Waals surface area contributed by atoms with Gasteiger partial charge in [0, 0.05) is 0 Å². The quantitative estimate of drug-likeness (QED) is 0.488. The molecule has 0 aliphatic heterocycles. The fourth-order valence-corrected chi connectivity index (χ4v) is 2.85. The molecule has 4 rings (SSSR count). The predicted molar refractivity (Wildman–Crippen MR) is 72.9 cm³/mol. The smallest absolute Gasteiger partial charge is 0.00104 e. The van der Waals surface area contributed by atoms with E-state index in [2.05, 4.69) is 60.7 Å². The summed E-state index contributed by atoms with van der Waals surface area (Å²) in [4.78, 5) is 0. The molecule has 0 aromatic heterocycles. The molecule has 1 radical (unpaired) electrons. The zero-order valence-corrected chi connectivity index (χ0v) is 9.40. The Hall–Kier alpha value is -2.08. The summed E-state index contributed by atoms with van der Waals surface area (Å²) in [6.07, 6.45) is 6.44. The largest absolute Gasteiger partial charge is 0.0616 e. The van der Waals surface area contributed by atoms with Crippen molar-refractivity contribution in [1.82, 2.24) is 0 Å². The van der Waals surface area contributed by atoms with Crippen LogP contribution in [0.25, 0.3) is 27.6 Å². The summed E-state index contributed by atoms with van der Waals surface area (Å²) in [6, 6.07) is 17.3. The third kappa shape index (κ3) is 1.13. The highest BCUT2D eigenvalue weighted by Crippen LogP contribution is 2.36. The van der Waals surface area contributed by atoms with Crippen LogP contribution in [0.1, 0.15) is 11.1 Å². The molecule has 0 N–H and O–H groups in total. The number of fused-ring (bicyclic) bond motifs is 6. The number of rotatable bonds is 0. The average molecular weight is 215 g/mol. The van der Waals surface area contributed by atoms with E-state index in [9.17, 15) is 0 Å². The number of hydrogen-bond donors (Lipinski definition) is 0. The number of hydrogen-bond acceptors (Lipinski definition) is 0. The summed E-state index contributed by atoms with van der Waals surface area (Å²) >= 11 is 0. The lowest BCUT2D eigenvalue weighted by Crippen LogP contribution is -1.88. The highest BCUT2D eigenvalue weighted by atomic mass is 14.2. The van der Waals surface area contributed by atoms with Gasteiger partial charge in [0.1, 0.15) is 0 Å². The molecule has 0 saturated heterocycles. The number of benzene rings is 3. The van der Waals surface area contributed by atoms with Crippen molar-refractivity contribution in [3.8, 4) is 0 Å². The molecule has 0 heteroatoms. The minimum Gasteiger partial charge on any atom is -0.0616 e. The zero-order chi connectivity index (χ0) is 11.2. The predicted octanol–water partition coefficient (Wildman–Crippen LogP) is 4.37. The van der Waals surface area contributed by atoms with Crippen LogP contribution in [-0.4, -0.2) is 0 Å². The van der Waals surface area contributed by atoms with Gasteiger partial charge in [-0.1, -0.05) is 54.6 Å². The molecule has 1 aliphatic rings. The first-order valence-electron chi connectivity index (χ1n) is 5.94. The van der Waals surface area contributed by atoms with Crippen molar-refractivity contribution in [2.75, 3.05) is 0 Å². The van der Waals surface area contributed by atoms with Gasteiger partial charge in [0.2, 0.25) is 0 Å². The third-order valence-electron chi connectivity index (χ3n) is 3.61. The van der Waals surface area contributed by atoms with Gasteiger partial charge in [0.05, 0.1) is 0 Å². The van der Waals surface area contributed by atoms with Gasteiger partial charge in [-0.3, -0.25) is 0 Å². The first-order chi connectivity index (χ1) is 8.45. The van der Waals surface area contributed by atoms with E-state index in [4.69, 9.17) is 0 Å². The van der Waals surface area contributed by atoms with Gasteiger partial charge in [-0.15, -0.1) is 0 Å². The van der Waals surface area contributed by atoms with E-state index in [0.717, 1.165) is 6.42 Å². The average Bonchev–Trinajstić information content (AvgIpc) is 2.89. The fraction of sp³-hybridized carbons (Fsp3) is 0.0588. The summed E-state index contributed by atoms with van der Waals surface area (Å²) in [5, 5.41) is 5.44. The van der Waals surface area contributed by atoms with Crippen molar-refractivity contribution in [1.29, 1.82) is 0 Å². The van der Waals surface area contributed by atoms with Crippen LogP contribution >= 0.6 is 0 Å². The maximum atomic E-state index is 3.35. The van der Waals surface area contributed by atoms with Crippen LogP contribution < -0.4 is 0 Å². The van der Waals surface area contributed by atoms with Crippen LogP contribution in [0.5, 0.6) is 0 Å². The van der Waals surface area contributed by atoms with Crippen LogP contribution in [0.15, 0.2) is 48.5 Å². The van der Waals surface area contributed by atoms with Crippen LogP contribution in [0, 0.1) is 6.08 Å². The maximum Gasteiger partial charge on any atom is -0.00104 e. The Balaban J connectivity index is 2.37. The second-order valence-electron chi connectivity index (χ2n) is 4.51. The van der Waals surface area contributed by atoms with Gasteiger partial charge in [-0.05, 0) is 45.2 Å². The molecule has 0 atom stereocenters. The van der Waals surface area contributed by atoms with E-state index in [1.165, 1.54) is 32.7 Å². The molecule has 3 aromatic carbocycles. The van der Waals surface area contributed by atoms with Gasteiger partial charge in [-0.2, -0.15) is 0 Å². The van der Waals surface area contributed by atoms with Gasteiger partial charge in [0.25, 0.3) is 0 Å². The molecule has 0 amide bonds. The second-order valence-corrected chi connectivity index (χ2v) is 4.51. The van der Waals surface area contributed by atoms with E-state index in [1.807, 2.05) is 0 Å². The first-order valence-corrected chi connectivity index (χ1v) is 5.94. The summed E-state index contributed by atoms with van der Waals surface area (Å²) in [5.74, 6) is 0. The Bertz CT molecular complexity index is 763. The monoisotopic (exact) mass is 215 g/mol. The Morgan fingerprint density at radius 3 is 2.06 bits per heavy atom. The van der Waals surface area contributed by atoms with E-state index in [-0.39, 0.29) is 0 Å². The minimum absolute atomic E-state index is 0.945. The highest BCUT2D eigenvalue weighted by Gasteiger charge is 2.14. The summed E-state index contributed by atoms with van der Waals surface area (Å²) < 4.78 is 0. The lowest BCUT2D eigenvalue weighted by molar-refractivity contribution is 1.32. The molecule has 0 fully saturated rings. The minimum atomic E-state index is 0.945. The molecule has 0 unspecified atom stereocenters. The van der Waals surface area contributed by atoms with Crippen molar-refractivity contribution in [2.45, 2.75) is 6.42 Å². The summed E-state index contributed by atoms with van der Waals surface area (Å²) in [7, 11) is 0. The van der Waals surface area contributed by atoms with Gasteiger partial charge in [0.15, 0.2) is 0 Å². The standard InChI is InChI=1S/C17H11/c1-3-8-14-12(6-1)13-7-2-4-9-15(13)17-11-5-10-16(14)17/h1-4,6-10H,11H2. The third-order valence-corrected chi connectivity index (χ3v) is 3.61. The molecule has 0 heterocycles. The zero-order valence-electron chi connectivity index (χ0n) is 9.40. The summed E-state index contributed by atoms with van der Waals surface area (Å²) in [6.45, 7) is 0. The maximum absolute atomic E-state index is 3.35. The fourth-order valence-electron chi connectivity index (χ4n) is 2.85. The molecule has 0 saturated carbocycles. The molecule has 17 heavy (non-hydrogen) atoms. The van der Waals surface area contributed by atoms with Crippen LogP contribution in [0.3, 0.4) is 0 Å². The lowest BCUT2D eigenvalue weighted by atomic mass is 9.93. The van der Waals surface area contributed by atoms with Gasteiger partial charge < -0.3 is 0 Å². The van der Waals surface area contributed by atoms with Crippen molar-refractivity contribution in [3.63, 3.8) is 0 Å². The van der Waals surface area contributed by atoms with Gasteiger partial charge in [-0.25, -0.2) is 0 Å². The topological polar surface area (TPSA) is 0 Å². The molecule has 0 nitrogen and oxygen atoms in total. The molecule has 0 spiro atoms. The lowest BCUT2D eigenvalue weighted by Gasteiger charge is -2.10. The Labute approximate surface area is 100 Å². The Morgan fingerprint density at radius 1 is 0.706 bits per heavy atom. The van der Waals surface area contributed by atoms with Crippen molar-refractivity contribution >= 4 is 27.6 Å². The molecule has 0 bridgehead atoms. The molecule has 1 aliphatic carbocycles. The van der Waals surface area contributed by atoms with Crippen LogP contribution in [0.2, 0.25) is 0 Å². The molecular formula is C17H11. The number of allylic oxidation sites excluding steroid dienone is 1. The summed E-state index contributed by atoms with van der Waals surface area (Å²) in [5.41, 5.74) is 2.79. The van der Waals surface area contributed by atoms with Gasteiger partial charge >= 0.3 is 0 Å². The van der Waals surface area contributed by atoms with Crippen LogP contribution in [0.4, 0.5) is 0 Å². The van der Waals surface area contributed by atoms with E-state index >= 15 is 0 Å². The van der Waals surface area contributed by atoms with Crippen LogP contribution in [-0.2, 0) is 6.42 Å².